The Hall–Kier alpha value is -2.63. The fourth-order valence-corrected chi connectivity index (χ4v) is 2.78. The van der Waals surface area contributed by atoms with Crippen LogP contribution in [0, 0.1) is 5.41 Å². The van der Waals surface area contributed by atoms with Gasteiger partial charge < -0.3 is 9.57 Å². The number of nitrogens with zero attached hydrogens (tertiary/aromatic N) is 3. The maximum absolute atomic E-state index is 12.6. The molecule has 0 atom stereocenters. The number of rotatable bonds is 0. The van der Waals surface area contributed by atoms with E-state index in [4.69, 9.17) is 14.6 Å². The number of amides is 1. The van der Waals surface area contributed by atoms with Crippen molar-refractivity contribution in [1.29, 1.82) is 0 Å². The Morgan fingerprint density at radius 1 is 1.19 bits per heavy atom. The van der Waals surface area contributed by atoms with Crippen molar-refractivity contribution < 1.29 is 14.4 Å². The van der Waals surface area contributed by atoms with Crippen molar-refractivity contribution in [2.24, 2.45) is 10.6 Å². The maximum Gasteiger partial charge on any atom is 0.420 e. The Balaban J connectivity index is 2.08. The van der Waals surface area contributed by atoms with Gasteiger partial charge in [-0.15, -0.1) is 0 Å². The van der Waals surface area contributed by atoms with Crippen LogP contribution in [0.25, 0.3) is 11.6 Å². The van der Waals surface area contributed by atoms with Crippen LogP contribution in [-0.2, 0) is 9.57 Å². The number of ether oxygens (including phenoxy) is 1. The van der Waals surface area contributed by atoms with E-state index in [-0.39, 0.29) is 5.41 Å². The van der Waals surface area contributed by atoms with Crippen LogP contribution < -0.4 is 15.5 Å². The number of hydrogen-bond donors (Lipinski definition) is 0. The van der Waals surface area contributed by atoms with Gasteiger partial charge in [-0.25, -0.2) is 14.7 Å². The molecule has 0 saturated carbocycles. The molecule has 3 heterocycles. The van der Waals surface area contributed by atoms with Crippen LogP contribution >= 0.6 is 0 Å². The fraction of sp³-hybridized carbons (Fsp3) is 0.450. The summed E-state index contributed by atoms with van der Waals surface area (Å²) in [6.45, 7) is 12.2. The Morgan fingerprint density at radius 2 is 1.92 bits per heavy atom. The van der Waals surface area contributed by atoms with E-state index in [9.17, 15) is 4.79 Å². The summed E-state index contributed by atoms with van der Waals surface area (Å²) in [6, 6.07) is 3.89. The Morgan fingerprint density at radius 3 is 2.58 bits per heavy atom. The highest BCUT2D eigenvalue weighted by Crippen LogP contribution is 2.26. The molecule has 0 aromatic carbocycles. The van der Waals surface area contributed by atoms with Crippen molar-refractivity contribution in [2.75, 3.05) is 11.5 Å². The molecule has 0 unspecified atom stereocenters. The highest BCUT2D eigenvalue weighted by atomic mass is 16.6. The van der Waals surface area contributed by atoms with Crippen LogP contribution in [-0.4, -0.2) is 29.0 Å². The average Bonchev–Trinajstić information content (AvgIpc) is 3.02. The van der Waals surface area contributed by atoms with Crippen molar-refractivity contribution in [3.63, 3.8) is 0 Å². The number of oxime groups is 1. The van der Waals surface area contributed by atoms with Gasteiger partial charge in [0.25, 0.3) is 0 Å². The van der Waals surface area contributed by atoms with Gasteiger partial charge in [-0.05, 0) is 45.1 Å². The normalized spacial score (nSPS) is 18.7. The molecule has 1 aromatic heterocycles. The predicted octanol–water partition coefficient (Wildman–Crippen LogP) is 2.71. The number of anilines is 1. The van der Waals surface area contributed by atoms with Crippen molar-refractivity contribution in [1.82, 2.24) is 4.98 Å². The van der Waals surface area contributed by atoms with Crippen LogP contribution in [0.2, 0.25) is 0 Å². The third kappa shape index (κ3) is 3.64. The highest BCUT2D eigenvalue weighted by Gasteiger charge is 2.29. The average molecular weight is 355 g/mol. The molecular formula is C20H25N3O3. The summed E-state index contributed by atoms with van der Waals surface area (Å²) in [5.74, 6) is 0.548. The lowest BCUT2D eigenvalue weighted by Gasteiger charge is -2.26. The maximum atomic E-state index is 12.6. The molecule has 1 amide bonds. The number of fused-ring (bicyclic) bond motifs is 1. The standard InChI is InChI=1S/C20H25N3O3/c1-19(2,3)16-14(12-25-22-16)15-10-9-13-8-7-11-23(17(13)21-15)18(24)26-20(4,5)6/h7-11H,12H2,1-6H3. The molecule has 138 valence electrons. The lowest BCUT2D eigenvalue weighted by molar-refractivity contribution is 0.0595. The second-order valence-corrected chi connectivity index (χ2v) is 8.41. The minimum absolute atomic E-state index is 0.152. The fourth-order valence-electron chi connectivity index (χ4n) is 2.78. The van der Waals surface area contributed by atoms with E-state index in [1.165, 1.54) is 4.90 Å². The summed E-state index contributed by atoms with van der Waals surface area (Å²) < 4.78 is 5.50. The van der Waals surface area contributed by atoms with E-state index in [2.05, 4.69) is 25.9 Å². The molecule has 0 bridgehead atoms. The molecule has 0 radical (unpaired) electrons. The second kappa shape index (κ2) is 6.27. The molecule has 2 aliphatic rings. The minimum Gasteiger partial charge on any atom is -0.443 e. The molecular weight excluding hydrogens is 330 g/mol. The molecule has 2 aliphatic heterocycles. The first-order chi connectivity index (χ1) is 12.1. The molecule has 6 nitrogen and oxygen atoms in total. The van der Waals surface area contributed by atoms with Crippen LogP contribution in [0.15, 0.2) is 29.6 Å². The molecule has 0 spiro atoms. The second-order valence-electron chi connectivity index (χ2n) is 8.41. The summed E-state index contributed by atoms with van der Waals surface area (Å²) >= 11 is 0. The molecule has 6 heteroatoms. The quantitative estimate of drug-likeness (QED) is 0.718. The number of aromatic nitrogens is 1. The lowest BCUT2D eigenvalue weighted by atomic mass is 9.86. The first-order valence-corrected chi connectivity index (χ1v) is 8.68. The minimum atomic E-state index is -0.579. The van der Waals surface area contributed by atoms with Crippen molar-refractivity contribution in [2.45, 2.75) is 47.1 Å². The SMILES string of the molecule is CC(C)(C)OC(=O)N1C=CC=c2ccc(=C3CON=C3C(C)(C)C)nc21. The third-order valence-electron chi connectivity index (χ3n) is 3.90. The van der Waals surface area contributed by atoms with E-state index < -0.39 is 11.7 Å². The van der Waals surface area contributed by atoms with Crippen LogP contribution in [0.4, 0.5) is 10.6 Å². The van der Waals surface area contributed by atoms with Crippen molar-refractivity contribution >= 4 is 29.3 Å². The van der Waals surface area contributed by atoms with Gasteiger partial charge in [0, 0.05) is 22.4 Å². The van der Waals surface area contributed by atoms with Crippen molar-refractivity contribution in [3.05, 3.63) is 35.0 Å². The number of carbonyl (C=O) groups is 1. The first kappa shape index (κ1) is 18.2. The molecule has 3 rings (SSSR count). The summed E-state index contributed by atoms with van der Waals surface area (Å²) in [4.78, 5) is 24.1. The van der Waals surface area contributed by atoms with E-state index in [1.807, 2.05) is 45.1 Å². The van der Waals surface area contributed by atoms with Gasteiger partial charge in [-0.1, -0.05) is 25.9 Å². The van der Waals surface area contributed by atoms with Crippen LogP contribution in [0.5, 0.6) is 0 Å². The number of pyridine rings is 1. The van der Waals surface area contributed by atoms with Crippen LogP contribution in [0.1, 0.15) is 41.5 Å². The number of carbonyl (C=O) groups excluding carboxylic acids is 1. The van der Waals surface area contributed by atoms with Crippen molar-refractivity contribution in [3.8, 4) is 0 Å². The van der Waals surface area contributed by atoms with Crippen LogP contribution in [0.3, 0.4) is 0 Å². The van der Waals surface area contributed by atoms with Gasteiger partial charge >= 0.3 is 6.09 Å². The number of hydrogen-bond acceptors (Lipinski definition) is 5. The molecule has 1 aromatic rings. The zero-order chi connectivity index (χ0) is 19.1. The number of allylic oxidation sites excluding steroid dienone is 1. The Bertz CT molecular complexity index is 915. The van der Waals surface area contributed by atoms with Gasteiger partial charge in [-0.2, -0.15) is 0 Å². The molecule has 26 heavy (non-hydrogen) atoms. The molecule has 0 saturated heterocycles. The molecule has 0 aliphatic carbocycles. The Labute approximate surface area is 153 Å². The van der Waals surface area contributed by atoms with E-state index >= 15 is 0 Å². The van der Waals surface area contributed by atoms with E-state index in [0.717, 1.165) is 21.9 Å². The predicted molar refractivity (Wildman–Crippen MR) is 102 cm³/mol. The largest absolute Gasteiger partial charge is 0.443 e. The van der Waals surface area contributed by atoms with E-state index in [1.54, 1.807) is 6.20 Å². The molecule has 0 fully saturated rings. The van der Waals surface area contributed by atoms with Gasteiger partial charge in [0.15, 0.2) is 0 Å². The zero-order valence-corrected chi connectivity index (χ0v) is 16.2. The summed E-state index contributed by atoms with van der Waals surface area (Å²) in [6.07, 6.45) is 4.94. The monoisotopic (exact) mass is 355 g/mol. The smallest absolute Gasteiger partial charge is 0.420 e. The highest BCUT2D eigenvalue weighted by molar-refractivity contribution is 6.21. The Kier molecular flexibility index (Phi) is 4.38. The third-order valence-corrected chi connectivity index (χ3v) is 3.90. The summed E-state index contributed by atoms with van der Waals surface area (Å²) in [5, 5.41) is 5.81. The van der Waals surface area contributed by atoms with Gasteiger partial charge in [-0.3, -0.25) is 0 Å². The lowest BCUT2D eigenvalue weighted by Crippen LogP contribution is -2.39. The summed E-state index contributed by atoms with van der Waals surface area (Å²) in [7, 11) is 0. The molecule has 0 N–H and O–H groups in total. The van der Waals surface area contributed by atoms with Gasteiger partial charge in [0.05, 0.1) is 11.1 Å². The topological polar surface area (TPSA) is 64.0 Å². The first-order valence-electron chi connectivity index (χ1n) is 8.68. The zero-order valence-electron chi connectivity index (χ0n) is 16.2. The summed E-state index contributed by atoms with van der Waals surface area (Å²) in [5.41, 5.74) is 1.09. The van der Waals surface area contributed by atoms with Gasteiger partial charge in [0.1, 0.15) is 18.0 Å². The van der Waals surface area contributed by atoms with E-state index in [0.29, 0.717) is 12.4 Å². The van der Waals surface area contributed by atoms with Gasteiger partial charge in [0.2, 0.25) is 0 Å².